The van der Waals surface area contributed by atoms with Crippen molar-refractivity contribution in [3.8, 4) is 11.5 Å². The number of halogens is 1. The van der Waals surface area contributed by atoms with Crippen LogP contribution in [0.15, 0.2) is 42.5 Å². The van der Waals surface area contributed by atoms with Crippen LogP contribution in [-0.2, 0) is 0 Å². The second kappa shape index (κ2) is 6.74. The van der Waals surface area contributed by atoms with Gasteiger partial charge in [-0.3, -0.25) is 5.41 Å². The van der Waals surface area contributed by atoms with Crippen molar-refractivity contribution < 1.29 is 13.9 Å². The molecule has 5 heteroatoms. The maximum Gasteiger partial charge on any atom is 0.123 e. The number of amidine groups is 1. The molecule has 0 saturated carbocycles. The fraction of sp³-hybridized carbons (Fsp3) is 0.188. The third kappa shape index (κ3) is 4.21. The molecule has 0 bridgehead atoms. The van der Waals surface area contributed by atoms with Crippen LogP contribution in [0.5, 0.6) is 11.5 Å². The number of benzene rings is 2. The molecule has 0 spiro atoms. The Kier molecular flexibility index (Phi) is 4.77. The summed E-state index contributed by atoms with van der Waals surface area (Å²) in [7, 11) is 0. The first-order valence-electron chi connectivity index (χ1n) is 6.52. The summed E-state index contributed by atoms with van der Waals surface area (Å²) in [5.41, 5.74) is 6.77. The van der Waals surface area contributed by atoms with Gasteiger partial charge in [-0.1, -0.05) is 0 Å². The minimum atomic E-state index is -0.276. The predicted octanol–water partition coefficient (Wildman–Crippen LogP) is 2.88. The molecule has 3 N–H and O–H groups in total. The molecule has 0 saturated heterocycles. The number of hydrogen-bond acceptors (Lipinski definition) is 3. The van der Waals surface area contributed by atoms with Gasteiger partial charge in [0.15, 0.2) is 0 Å². The molecule has 2 aromatic carbocycles. The van der Waals surface area contributed by atoms with Crippen LogP contribution >= 0.6 is 0 Å². The van der Waals surface area contributed by atoms with E-state index in [1.54, 1.807) is 37.3 Å². The van der Waals surface area contributed by atoms with Gasteiger partial charge < -0.3 is 15.2 Å². The van der Waals surface area contributed by atoms with Gasteiger partial charge in [-0.15, -0.1) is 0 Å². The lowest BCUT2D eigenvalue weighted by Gasteiger charge is -2.10. The van der Waals surface area contributed by atoms with E-state index in [1.807, 2.05) is 0 Å². The van der Waals surface area contributed by atoms with Crippen molar-refractivity contribution in [1.29, 1.82) is 5.41 Å². The Labute approximate surface area is 122 Å². The lowest BCUT2D eigenvalue weighted by Crippen LogP contribution is -2.11. The van der Waals surface area contributed by atoms with E-state index in [0.717, 1.165) is 5.56 Å². The van der Waals surface area contributed by atoms with Crippen molar-refractivity contribution in [2.75, 3.05) is 13.2 Å². The molecule has 0 unspecified atom stereocenters. The van der Waals surface area contributed by atoms with Gasteiger partial charge in [0.2, 0.25) is 0 Å². The van der Waals surface area contributed by atoms with E-state index in [-0.39, 0.29) is 11.7 Å². The van der Waals surface area contributed by atoms with E-state index in [9.17, 15) is 4.39 Å². The van der Waals surface area contributed by atoms with Crippen LogP contribution in [0, 0.1) is 18.2 Å². The Hall–Kier alpha value is -2.56. The van der Waals surface area contributed by atoms with E-state index in [0.29, 0.717) is 30.3 Å². The molecular weight excluding hydrogens is 271 g/mol. The van der Waals surface area contributed by atoms with Crippen molar-refractivity contribution in [2.24, 2.45) is 5.73 Å². The van der Waals surface area contributed by atoms with Crippen LogP contribution < -0.4 is 15.2 Å². The van der Waals surface area contributed by atoms with Gasteiger partial charge in [0.05, 0.1) is 0 Å². The lowest BCUT2D eigenvalue weighted by atomic mass is 10.2. The lowest BCUT2D eigenvalue weighted by molar-refractivity contribution is 0.216. The average molecular weight is 288 g/mol. The van der Waals surface area contributed by atoms with E-state index in [2.05, 4.69) is 0 Å². The Bertz CT molecular complexity index is 627. The fourth-order valence-electron chi connectivity index (χ4n) is 1.82. The minimum Gasteiger partial charge on any atom is -0.490 e. The van der Waals surface area contributed by atoms with Crippen LogP contribution in [0.25, 0.3) is 0 Å². The molecule has 0 radical (unpaired) electrons. The van der Waals surface area contributed by atoms with E-state index < -0.39 is 0 Å². The highest BCUT2D eigenvalue weighted by molar-refractivity contribution is 5.94. The van der Waals surface area contributed by atoms with Gasteiger partial charge in [0.1, 0.15) is 36.4 Å². The molecule has 21 heavy (non-hydrogen) atoms. The number of nitrogens with two attached hydrogens (primary N) is 1. The normalized spacial score (nSPS) is 10.2. The summed E-state index contributed by atoms with van der Waals surface area (Å²) < 4.78 is 24.0. The summed E-state index contributed by atoms with van der Waals surface area (Å²) >= 11 is 0. The van der Waals surface area contributed by atoms with Crippen LogP contribution in [0.1, 0.15) is 11.1 Å². The molecule has 2 aromatic rings. The van der Waals surface area contributed by atoms with Crippen LogP contribution in [-0.4, -0.2) is 19.0 Å². The maximum atomic E-state index is 12.9. The standard InChI is InChI=1S/C16H17FN2O2/c1-11-10-13(17)4-7-15(11)21-9-8-20-14-5-2-12(3-6-14)16(18)19/h2-7,10H,8-9H2,1H3,(H3,18,19). The zero-order chi connectivity index (χ0) is 15.2. The van der Waals surface area contributed by atoms with Crippen molar-refractivity contribution in [2.45, 2.75) is 6.92 Å². The highest BCUT2D eigenvalue weighted by Crippen LogP contribution is 2.18. The monoisotopic (exact) mass is 288 g/mol. The molecule has 0 amide bonds. The van der Waals surface area contributed by atoms with Crippen molar-refractivity contribution in [3.63, 3.8) is 0 Å². The molecule has 110 valence electrons. The number of rotatable bonds is 6. The largest absolute Gasteiger partial charge is 0.490 e. The van der Waals surface area contributed by atoms with Crippen molar-refractivity contribution in [1.82, 2.24) is 0 Å². The summed E-state index contributed by atoms with van der Waals surface area (Å²) in [4.78, 5) is 0. The Morgan fingerprint density at radius 2 is 1.76 bits per heavy atom. The third-order valence-corrected chi connectivity index (χ3v) is 2.91. The molecule has 0 atom stereocenters. The van der Waals surface area contributed by atoms with Crippen molar-refractivity contribution >= 4 is 5.84 Å². The number of hydrogen-bond donors (Lipinski definition) is 2. The van der Waals surface area contributed by atoms with Gasteiger partial charge in [0.25, 0.3) is 0 Å². The summed E-state index contributed by atoms with van der Waals surface area (Å²) in [5.74, 6) is 1.07. The van der Waals surface area contributed by atoms with Gasteiger partial charge >= 0.3 is 0 Å². The van der Waals surface area contributed by atoms with Crippen LogP contribution in [0.2, 0.25) is 0 Å². The minimum absolute atomic E-state index is 0.0247. The second-order valence-electron chi connectivity index (χ2n) is 4.54. The number of ether oxygens (including phenoxy) is 2. The molecular formula is C16H17FN2O2. The van der Waals surface area contributed by atoms with Gasteiger partial charge in [-0.05, 0) is 55.0 Å². The molecule has 0 aliphatic rings. The highest BCUT2D eigenvalue weighted by Gasteiger charge is 2.02. The zero-order valence-corrected chi connectivity index (χ0v) is 11.7. The Balaban J connectivity index is 1.80. The Morgan fingerprint density at radius 3 is 2.38 bits per heavy atom. The molecule has 0 aliphatic carbocycles. The smallest absolute Gasteiger partial charge is 0.123 e. The Morgan fingerprint density at radius 1 is 1.10 bits per heavy atom. The molecule has 0 aliphatic heterocycles. The second-order valence-corrected chi connectivity index (χ2v) is 4.54. The quantitative estimate of drug-likeness (QED) is 0.488. The third-order valence-electron chi connectivity index (χ3n) is 2.91. The van der Waals surface area contributed by atoms with Gasteiger partial charge in [0, 0.05) is 5.56 Å². The fourth-order valence-corrected chi connectivity index (χ4v) is 1.82. The summed E-state index contributed by atoms with van der Waals surface area (Å²) in [5, 5.41) is 7.29. The molecule has 0 aromatic heterocycles. The zero-order valence-electron chi connectivity index (χ0n) is 11.7. The first kappa shape index (κ1) is 14.8. The average Bonchev–Trinajstić information content (AvgIpc) is 2.46. The molecule has 2 rings (SSSR count). The molecule has 0 fully saturated rings. The van der Waals surface area contributed by atoms with E-state index in [4.69, 9.17) is 20.6 Å². The predicted molar refractivity (Wildman–Crippen MR) is 79.6 cm³/mol. The summed E-state index contributed by atoms with van der Waals surface area (Å²) in [6, 6.07) is 11.3. The van der Waals surface area contributed by atoms with E-state index in [1.165, 1.54) is 12.1 Å². The maximum absolute atomic E-state index is 12.9. The summed E-state index contributed by atoms with van der Waals surface area (Å²) in [6.45, 7) is 2.52. The number of nitrogens with one attached hydrogen (secondary N) is 1. The molecule has 4 nitrogen and oxygen atoms in total. The van der Waals surface area contributed by atoms with Gasteiger partial charge in [-0.25, -0.2) is 4.39 Å². The van der Waals surface area contributed by atoms with Gasteiger partial charge in [-0.2, -0.15) is 0 Å². The SMILES string of the molecule is Cc1cc(F)ccc1OCCOc1ccc(C(=N)N)cc1. The van der Waals surface area contributed by atoms with Crippen LogP contribution in [0.3, 0.4) is 0 Å². The number of nitrogen functional groups attached to an aromatic ring is 1. The number of aryl methyl sites for hydroxylation is 1. The highest BCUT2D eigenvalue weighted by atomic mass is 19.1. The first-order chi connectivity index (χ1) is 10.1. The summed E-state index contributed by atoms with van der Waals surface area (Å²) in [6.07, 6.45) is 0. The molecule has 0 heterocycles. The topological polar surface area (TPSA) is 68.3 Å². The van der Waals surface area contributed by atoms with Crippen molar-refractivity contribution in [3.05, 3.63) is 59.4 Å². The van der Waals surface area contributed by atoms with E-state index >= 15 is 0 Å². The first-order valence-corrected chi connectivity index (χ1v) is 6.52. The van der Waals surface area contributed by atoms with Crippen LogP contribution in [0.4, 0.5) is 4.39 Å².